The third-order valence-corrected chi connectivity index (χ3v) is 3.52. The highest BCUT2D eigenvalue weighted by atomic mass is 16.5. The number of aromatic nitrogens is 4. The van der Waals surface area contributed by atoms with E-state index in [1.165, 1.54) is 0 Å². The van der Waals surface area contributed by atoms with Crippen LogP contribution in [0.5, 0.6) is 0 Å². The molecule has 3 rings (SSSR count). The zero-order chi connectivity index (χ0) is 14.8. The molecule has 114 valence electrons. The zero-order valence-corrected chi connectivity index (χ0v) is 12.7. The van der Waals surface area contributed by atoms with Crippen LogP contribution < -0.4 is 0 Å². The number of aryl methyl sites for hydroxylation is 1. The second-order valence-electron chi connectivity index (χ2n) is 5.69. The van der Waals surface area contributed by atoms with Gasteiger partial charge in [0.25, 0.3) is 0 Å². The Balaban J connectivity index is 1.64. The SMILES string of the molecule is Cc1cnc(CN2CCO[C@H](c3nc(C(C)C)n[nH]3)C2)o1. The lowest BCUT2D eigenvalue weighted by molar-refractivity contribution is -0.0393. The van der Waals surface area contributed by atoms with Gasteiger partial charge in [0.05, 0.1) is 19.3 Å². The molecule has 0 saturated carbocycles. The smallest absolute Gasteiger partial charge is 0.208 e. The van der Waals surface area contributed by atoms with E-state index in [0.29, 0.717) is 19.1 Å². The van der Waals surface area contributed by atoms with E-state index < -0.39 is 0 Å². The van der Waals surface area contributed by atoms with Crippen LogP contribution in [0.25, 0.3) is 0 Å². The quantitative estimate of drug-likeness (QED) is 0.925. The van der Waals surface area contributed by atoms with Crippen molar-refractivity contribution in [3.63, 3.8) is 0 Å². The van der Waals surface area contributed by atoms with Gasteiger partial charge in [-0.15, -0.1) is 0 Å². The molecule has 0 bridgehead atoms. The normalized spacial score (nSPS) is 20.3. The van der Waals surface area contributed by atoms with Gasteiger partial charge >= 0.3 is 0 Å². The van der Waals surface area contributed by atoms with Crippen LogP contribution in [0.3, 0.4) is 0 Å². The van der Waals surface area contributed by atoms with E-state index in [0.717, 1.165) is 36.4 Å². The standard InChI is InChI=1S/C14H21N5O2/c1-9(2)13-16-14(18-17-13)11-7-19(4-5-20-11)8-12-15-6-10(3)21-12/h6,9,11H,4-5,7-8H2,1-3H3,(H,16,17,18)/t11-/m0/s1. The van der Waals surface area contributed by atoms with Crippen molar-refractivity contribution < 1.29 is 9.15 Å². The molecule has 2 aromatic heterocycles. The maximum absolute atomic E-state index is 5.80. The summed E-state index contributed by atoms with van der Waals surface area (Å²) in [6.45, 7) is 9.04. The molecule has 7 heteroatoms. The lowest BCUT2D eigenvalue weighted by Gasteiger charge is -2.30. The first-order valence-electron chi connectivity index (χ1n) is 7.29. The van der Waals surface area contributed by atoms with Gasteiger partial charge in [-0.25, -0.2) is 9.97 Å². The van der Waals surface area contributed by atoms with Crippen molar-refractivity contribution >= 4 is 0 Å². The van der Waals surface area contributed by atoms with E-state index in [4.69, 9.17) is 9.15 Å². The van der Waals surface area contributed by atoms with Crippen molar-refractivity contribution in [2.24, 2.45) is 0 Å². The zero-order valence-electron chi connectivity index (χ0n) is 12.7. The van der Waals surface area contributed by atoms with Crippen LogP contribution in [0.4, 0.5) is 0 Å². The summed E-state index contributed by atoms with van der Waals surface area (Å²) in [5.74, 6) is 3.52. The lowest BCUT2D eigenvalue weighted by atomic mass is 10.2. The number of ether oxygens (including phenoxy) is 1. The summed E-state index contributed by atoms with van der Waals surface area (Å²) in [5.41, 5.74) is 0. The number of nitrogens with zero attached hydrogens (tertiary/aromatic N) is 4. The summed E-state index contributed by atoms with van der Waals surface area (Å²) in [5, 5.41) is 7.23. The minimum Gasteiger partial charge on any atom is -0.445 e. The molecule has 1 N–H and O–H groups in total. The van der Waals surface area contributed by atoms with E-state index in [1.54, 1.807) is 6.20 Å². The van der Waals surface area contributed by atoms with Crippen LogP contribution in [0.1, 0.15) is 49.2 Å². The van der Waals surface area contributed by atoms with Crippen LogP contribution in [0.2, 0.25) is 0 Å². The van der Waals surface area contributed by atoms with Crippen LogP contribution >= 0.6 is 0 Å². The minimum absolute atomic E-state index is 0.0743. The van der Waals surface area contributed by atoms with E-state index in [2.05, 4.69) is 38.9 Å². The Bertz CT molecular complexity index is 592. The fraction of sp³-hybridized carbons (Fsp3) is 0.643. The number of morpholine rings is 1. The number of nitrogens with one attached hydrogen (secondary N) is 1. The Morgan fingerprint density at radius 1 is 1.48 bits per heavy atom. The number of hydrogen-bond donors (Lipinski definition) is 1. The summed E-state index contributed by atoms with van der Waals surface area (Å²) < 4.78 is 11.3. The van der Waals surface area contributed by atoms with E-state index in [9.17, 15) is 0 Å². The molecule has 0 aliphatic carbocycles. The molecule has 3 heterocycles. The molecule has 0 amide bonds. The Hall–Kier alpha value is -1.73. The molecule has 0 radical (unpaired) electrons. The molecule has 21 heavy (non-hydrogen) atoms. The van der Waals surface area contributed by atoms with Crippen molar-refractivity contribution in [1.82, 2.24) is 25.1 Å². The topological polar surface area (TPSA) is 80.1 Å². The maximum atomic E-state index is 5.80. The van der Waals surface area contributed by atoms with Crippen LogP contribution in [-0.2, 0) is 11.3 Å². The van der Waals surface area contributed by atoms with Gasteiger partial charge in [-0.1, -0.05) is 13.8 Å². The largest absolute Gasteiger partial charge is 0.445 e. The highest BCUT2D eigenvalue weighted by Crippen LogP contribution is 2.21. The van der Waals surface area contributed by atoms with Crippen molar-refractivity contribution in [2.45, 2.75) is 39.3 Å². The summed E-state index contributed by atoms with van der Waals surface area (Å²) in [7, 11) is 0. The number of hydrogen-bond acceptors (Lipinski definition) is 6. The minimum atomic E-state index is -0.0743. The average Bonchev–Trinajstić information content (AvgIpc) is 3.08. The molecule has 0 spiro atoms. The highest BCUT2D eigenvalue weighted by Gasteiger charge is 2.26. The van der Waals surface area contributed by atoms with Crippen molar-refractivity contribution in [3.05, 3.63) is 29.5 Å². The maximum Gasteiger partial charge on any atom is 0.208 e. The van der Waals surface area contributed by atoms with Gasteiger partial charge in [-0.2, -0.15) is 5.10 Å². The van der Waals surface area contributed by atoms with Crippen molar-refractivity contribution in [2.75, 3.05) is 19.7 Å². The number of oxazole rings is 1. The first-order chi connectivity index (χ1) is 10.1. The Labute approximate surface area is 123 Å². The van der Waals surface area contributed by atoms with Crippen LogP contribution in [-0.4, -0.2) is 44.8 Å². The molecular formula is C14H21N5O2. The van der Waals surface area contributed by atoms with Gasteiger partial charge in [0, 0.05) is 19.0 Å². The molecule has 1 fully saturated rings. The highest BCUT2D eigenvalue weighted by molar-refractivity contribution is 5.00. The summed E-state index contributed by atoms with van der Waals surface area (Å²) in [6.07, 6.45) is 1.67. The molecule has 1 aliphatic heterocycles. The Kier molecular flexibility index (Phi) is 4.03. The predicted molar refractivity (Wildman–Crippen MR) is 75.7 cm³/mol. The van der Waals surface area contributed by atoms with E-state index >= 15 is 0 Å². The van der Waals surface area contributed by atoms with Gasteiger partial charge in [-0.3, -0.25) is 10.00 Å². The summed E-state index contributed by atoms with van der Waals surface area (Å²) in [4.78, 5) is 11.0. The third kappa shape index (κ3) is 3.30. The monoisotopic (exact) mass is 291 g/mol. The Morgan fingerprint density at radius 2 is 2.33 bits per heavy atom. The predicted octanol–water partition coefficient (Wildman–Crippen LogP) is 1.80. The molecule has 1 aliphatic rings. The second-order valence-corrected chi connectivity index (χ2v) is 5.69. The second kappa shape index (κ2) is 5.95. The molecule has 1 saturated heterocycles. The van der Waals surface area contributed by atoms with Crippen molar-refractivity contribution in [1.29, 1.82) is 0 Å². The average molecular weight is 291 g/mol. The van der Waals surface area contributed by atoms with Gasteiger partial charge in [0.2, 0.25) is 5.89 Å². The molecule has 7 nitrogen and oxygen atoms in total. The molecule has 0 aromatic carbocycles. The van der Waals surface area contributed by atoms with Gasteiger partial charge < -0.3 is 9.15 Å². The number of H-pyrrole nitrogens is 1. The fourth-order valence-corrected chi connectivity index (χ4v) is 2.37. The summed E-state index contributed by atoms with van der Waals surface area (Å²) >= 11 is 0. The number of rotatable bonds is 4. The molecular weight excluding hydrogens is 270 g/mol. The fourth-order valence-electron chi connectivity index (χ4n) is 2.37. The third-order valence-electron chi connectivity index (χ3n) is 3.52. The van der Waals surface area contributed by atoms with E-state index in [-0.39, 0.29) is 6.10 Å². The molecule has 2 aromatic rings. The van der Waals surface area contributed by atoms with Gasteiger partial charge in [0.15, 0.2) is 11.6 Å². The first-order valence-corrected chi connectivity index (χ1v) is 7.29. The van der Waals surface area contributed by atoms with Crippen LogP contribution in [0.15, 0.2) is 10.6 Å². The molecule has 0 unspecified atom stereocenters. The molecule has 1 atom stereocenters. The Morgan fingerprint density at radius 3 is 3.00 bits per heavy atom. The summed E-state index contributed by atoms with van der Waals surface area (Å²) in [6, 6.07) is 0. The number of aromatic amines is 1. The van der Waals surface area contributed by atoms with Crippen molar-refractivity contribution in [3.8, 4) is 0 Å². The lowest BCUT2D eigenvalue weighted by Crippen LogP contribution is -2.38. The van der Waals surface area contributed by atoms with Crippen LogP contribution in [0, 0.1) is 6.92 Å². The van der Waals surface area contributed by atoms with E-state index in [1.807, 2.05) is 6.92 Å². The first kappa shape index (κ1) is 14.2. The van der Waals surface area contributed by atoms with Gasteiger partial charge in [-0.05, 0) is 6.92 Å². The van der Waals surface area contributed by atoms with Gasteiger partial charge in [0.1, 0.15) is 11.9 Å².